The smallest absolute Gasteiger partial charge is 0.325 e. The van der Waals surface area contributed by atoms with E-state index in [9.17, 15) is 18.0 Å². The molecule has 0 aliphatic rings. The Morgan fingerprint density at radius 3 is 2.50 bits per heavy atom. The summed E-state index contributed by atoms with van der Waals surface area (Å²) < 4.78 is 35.4. The number of anilines is 1. The van der Waals surface area contributed by atoms with Crippen LogP contribution >= 0.6 is 11.3 Å². The van der Waals surface area contributed by atoms with E-state index in [0.717, 1.165) is 27.8 Å². The predicted octanol–water partition coefficient (Wildman–Crippen LogP) is 4.29. The van der Waals surface area contributed by atoms with Crippen LogP contribution in [0.15, 0.2) is 76.6 Å². The minimum atomic E-state index is -3.82. The van der Waals surface area contributed by atoms with E-state index in [2.05, 4.69) is 9.71 Å². The number of nitrogens with one attached hydrogen (secondary N) is 1. The molecule has 1 N–H and O–H groups in total. The standard InChI is InChI=1S/C26H25N3O5S2/c1-4-18-10-13-22-23(14-18)35-26(29(22)16-24(30)34-3)27-25(31)19-6-5-7-20(15-19)28-36(32,33)21-11-8-17(2)9-12-21/h5-15,28H,4,16H2,1-3H3. The zero-order valence-corrected chi connectivity index (χ0v) is 21.7. The number of sulfonamides is 1. The Kier molecular flexibility index (Phi) is 7.37. The van der Waals surface area contributed by atoms with Gasteiger partial charge in [0, 0.05) is 11.3 Å². The first-order chi connectivity index (χ1) is 17.2. The highest BCUT2D eigenvalue weighted by Gasteiger charge is 2.16. The third-order valence-electron chi connectivity index (χ3n) is 5.56. The molecule has 0 aliphatic carbocycles. The van der Waals surface area contributed by atoms with Gasteiger partial charge in [-0.05, 0) is 61.4 Å². The number of thiazole rings is 1. The fourth-order valence-corrected chi connectivity index (χ4v) is 5.71. The summed E-state index contributed by atoms with van der Waals surface area (Å²) >= 11 is 1.30. The normalized spacial score (nSPS) is 12.0. The maximum Gasteiger partial charge on any atom is 0.325 e. The second-order valence-corrected chi connectivity index (χ2v) is 10.8. The minimum Gasteiger partial charge on any atom is -0.468 e. The number of rotatable bonds is 7. The largest absolute Gasteiger partial charge is 0.468 e. The molecule has 8 nitrogen and oxygen atoms in total. The van der Waals surface area contributed by atoms with Gasteiger partial charge in [-0.15, -0.1) is 0 Å². The molecule has 0 spiro atoms. The highest BCUT2D eigenvalue weighted by Crippen LogP contribution is 2.21. The number of esters is 1. The summed E-state index contributed by atoms with van der Waals surface area (Å²) in [6, 6.07) is 18.5. The van der Waals surface area contributed by atoms with Crippen LogP contribution in [0.4, 0.5) is 5.69 Å². The molecule has 0 atom stereocenters. The molecule has 0 saturated heterocycles. The van der Waals surface area contributed by atoms with E-state index in [1.807, 2.05) is 32.0 Å². The van der Waals surface area contributed by atoms with Crippen molar-refractivity contribution in [2.24, 2.45) is 4.99 Å². The average Bonchev–Trinajstić information content (AvgIpc) is 3.19. The van der Waals surface area contributed by atoms with Crippen molar-refractivity contribution in [3.05, 3.63) is 88.2 Å². The third-order valence-corrected chi connectivity index (χ3v) is 8.00. The van der Waals surface area contributed by atoms with Crippen LogP contribution in [0.3, 0.4) is 0 Å². The molecule has 0 radical (unpaired) electrons. The lowest BCUT2D eigenvalue weighted by Gasteiger charge is -2.09. The molecule has 0 aliphatic heterocycles. The average molecular weight is 524 g/mol. The molecule has 4 rings (SSSR count). The lowest BCUT2D eigenvalue weighted by molar-refractivity contribution is -0.141. The van der Waals surface area contributed by atoms with Crippen molar-refractivity contribution in [3.8, 4) is 0 Å². The van der Waals surface area contributed by atoms with Gasteiger partial charge in [0.15, 0.2) is 4.80 Å². The topological polar surface area (TPSA) is 107 Å². The van der Waals surface area contributed by atoms with Crippen LogP contribution < -0.4 is 9.52 Å². The zero-order valence-electron chi connectivity index (χ0n) is 20.0. The summed E-state index contributed by atoms with van der Waals surface area (Å²) in [6.45, 7) is 3.83. The number of carbonyl (C=O) groups excluding carboxylic acids is 2. The van der Waals surface area contributed by atoms with Crippen molar-refractivity contribution < 1.29 is 22.7 Å². The molecule has 0 fully saturated rings. The Balaban J connectivity index is 1.69. The van der Waals surface area contributed by atoms with Gasteiger partial charge in [0.1, 0.15) is 6.54 Å². The molecule has 1 amide bonds. The van der Waals surface area contributed by atoms with Gasteiger partial charge in [0.05, 0.1) is 22.2 Å². The van der Waals surface area contributed by atoms with E-state index >= 15 is 0 Å². The number of amides is 1. The van der Waals surface area contributed by atoms with Crippen LogP contribution in [0.5, 0.6) is 0 Å². The number of hydrogen-bond acceptors (Lipinski definition) is 6. The highest BCUT2D eigenvalue weighted by atomic mass is 32.2. The summed E-state index contributed by atoms with van der Waals surface area (Å²) in [4.78, 5) is 29.9. The zero-order chi connectivity index (χ0) is 25.9. The van der Waals surface area contributed by atoms with Crippen molar-refractivity contribution in [1.82, 2.24) is 4.57 Å². The van der Waals surface area contributed by atoms with Crippen molar-refractivity contribution in [1.29, 1.82) is 0 Å². The Morgan fingerprint density at radius 1 is 1.06 bits per heavy atom. The van der Waals surface area contributed by atoms with Crippen LogP contribution in [0.25, 0.3) is 10.2 Å². The predicted molar refractivity (Wildman–Crippen MR) is 140 cm³/mol. The van der Waals surface area contributed by atoms with E-state index < -0.39 is 21.9 Å². The Labute approximate surface area is 212 Å². The first kappa shape index (κ1) is 25.3. The van der Waals surface area contributed by atoms with E-state index in [4.69, 9.17) is 4.74 Å². The highest BCUT2D eigenvalue weighted by molar-refractivity contribution is 7.92. The van der Waals surface area contributed by atoms with Crippen molar-refractivity contribution in [2.75, 3.05) is 11.8 Å². The number of ether oxygens (including phenoxy) is 1. The van der Waals surface area contributed by atoms with Crippen molar-refractivity contribution in [3.63, 3.8) is 0 Å². The van der Waals surface area contributed by atoms with Gasteiger partial charge in [-0.2, -0.15) is 4.99 Å². The molecule has 3 aromatic carbocycles. The number of benzene rings is 3. The maximum absolute atomic E-state index is 13.1. The number of fused-ring (bicyclic) bond motifs is 1. The van der Waals surface area contributed by atoms with Gasteiger partial charge < -0.3 is 9.30 Å². The van der Waals surface area contributed by atoms with Gasteiger partial charge in [0.2, 0.25) is 0 Å². The minimum absolute atomic E-state index is 0.0928. The first-order valence-corrected chi connectivity index (χ1v) is 13.5. The number of aromatic nitrogens is 1. The van der Waals surface area contributed by atoms with Gasteiger partial charge >= 0.3 is 5.97 Å². The Hall–Kier alpha value is -3.76. The number of carbonyl (C=O) groups is 2. The molecule has 1 aromatic heterocycles. The fourth-order valence-electron chi connectivity index (χ4n) is 3.57. The number of methoxy groups -OCH3 is 1. The second-order valence-electron chi connectivity index (χ2n) is 8.12. The van der Waals surface area contributed by atoms with E-state index in [1.54, 1.807) is 34.9 Å². The molecule has 0 saturated carbocycles. The van der Waals surface area contributed by atoms with Gasteiger partial charge in [-0.25, -0.2) is 8.42 Å². The summed E-state index contributed by atoms with van der Waals surface area (Å²) in [5.41, 5.74) is 3.28. The van der Waals surface area contributed by atoms with Gasteiger partial charge in [0.25, 0.3) is 15.9 Å². The molecular formula is C26H25N3O5S2. The Morgan fingerprint density at radius 2 is 1.81 bits per heavy atom. The third kappa shape index (κ3) is 5.55. The van der Waals surface area contributed by atoms with E-state index in [1.165, 1.54) is 36.6 Å². The van der Waals surface area contributed by atoms with Crippen LogP contribution in [0.1, 0.15) is 28.4 Å². The van der Waals surface area contributed by atoms with Crippen LogP contribution in [-0.4, -0.2) is 32.0 Å². The summed E-state index contributed by atoms with van der Waals surface area (Å²) in [5.74, 6) is -1.03. The van der Waals surface area contributed by atoms with Crippen molar-refractivity contribution in [2.45, 2.75) is 31.7 Å². The number of hydrogen-bond donors (Lipinski definition) is 1. The van der Waals surface area contributed by atoms with Crippen LogP contribution in [-0.2, 0) is 32.5 Å². The van der Waals surface area contributed by atoms with Crippen LogP contribution in [0, 0.1) is 6.92 Å². The maximum atomic E-state index is 13.1. The quantitative estimate of drug-likeness (QED) is 0.364. The molecule has 10 heteroatoms. The summed E-state index contributed by atoms with van der Waals surface area (Å²) in [6.07, 6.45) is 0.849. The molecule has 0 bridgehead atoms. The van der Waals surface area contributed by atoms with Crippen LogP contribution in [0.2, 0.25) is 0 Å². The fraction of sp³-hybridized carbons (Fsp3) is 0.192. The number of aryl methyl sites for hydroxylation is 2. The summed E-state index contributed by atoms with van der Waals surface area (Å²) in [7, 11) is -2.52. The SMILES string of the molecule is CCc1ccc2c(c1)sc(=NC(=O)c1cccc(NS(=O)(=O)c3ccc(C)cc3)c1)n2CC(=O)OC. The molecule has 186 valence electrons. The lowest BCUT2D eigenvalue weighted by atomic mass is 10.2. The molecule has 0 unspecified atom stereocenters. The van der Waals surface area contributed by atoms with Crippen molar-refractivity contribution >= 4 is 49.1 Å². The molecule has 36 heavy (non-hydrogen) atoms. The van der Waals surface area contributed by atoms with E-state index in [-0.39, 0.29) is 22.7 Å². The summed E-state index contributed by atoms with van der Waals surface area (Å²) in [5, 5.41) is 0. The molecule has 4 aromatic rings. The van der Waals surface area contributed by atoms with Gasteiger partial charge in [-0.3, -0.25) is 14.3 Å². The lowest BCUT2D eigenvalue weighted by Crippen LogP contribution is -2.22. The van der Waals surface area contributed by atoms with Gasteiger partial charge in [-0.1, -0.05) is 48.1 Å². The number of nitrogens with zero attached hydrogens (tertiary/aromatic N) is 2. The molecular weight excluding hydrogens is 498 g/mol. The second kappa shape index (κ2) is 10.5. The molecule has 1 heterocycles. The Bertz CT molecular complexity index is 1620. The van der Waals surface area contributed by atoms with E-state index in [0.29, 0.717) is 4.80 Å². The monoisotopic (exact) mass is 523 g/mol. The first-order valence-electron chi connectivity index (χ1n) is 11.2.